The Kier molecular flexibility index (Phi) is 5.33. The molecule has 0 radical (unpaired) electrons. The monoisotopic (exact) mass is 421 g/mol. The molecule has 5 nitrogen and oxygen atoms in total. The van der Waals surface area contributed by atoms with E-state index in [0.29, 0.717) is 22.0 Å². The van der Waals surface area contributed by atoms with Crippen molar-refractivity contribution in [3.8, 4) is 0 Å². The molecular formula is C23H17ClFN3O2. The van der Waals surface area contributed by atoms with E-state index < -0.39 is 17.6 Å². The second-order valence-electron chi connectivity index (χ2n) is 6.86. The molecule has 30 heavy (non-hydrogen) atoms. The molecule has 0 unspecified atom stereocenters. The van der Waals surface area contributed by atoms with Crippen molar-refractivity contribution in [1.29, 1.82) is 0 Å². The highest BCUT2D eigenvalue weighted by molar-refractivity contribution is 6.36. The highest BCUT2D eigenvalue weighted by Crippen LogP contribution is 2.32. The fourth-order valence-corrected chi connectivity index (χ4v) is 3.50. The van der Waals surface area contributed by atoms with Crippen LogP contribution in [0.4, 0.5) is 10.1 Å². The molecule has 0 saturated carbocycles. The highest BCUT2D eigenvalue weighted by Gasteiger charge is 2.39. The predicted molar refractivity (Wildman–Crippen MR) is 113 cm³/mol. The van der Waals surface area contributed by atoms with Crippen molar-refractivity contribution in [1.82, 2.24) is 9.88 Å². The molecule has 4 rings (SSSR count). The molecule has 7 heteroatoms. The van der Waals surface area contributed by atoms with Crippen LogP contribution in [0.15, 0.2) is 72.6 Å². The zero-order chi connectivity index (χ0) is 21.3. The Morgan fingerprint density at radius 3 is 2.47 bits per heavy atom. The molecule has 2 heterocycles. The lowest BCUT2D eigenvalue weighted by atomic mass is 10.0. The number of carbonyl (C=O) groups is 2. The van der Waals surface area contributed by atoms with Crippen LogP contribution < -0.4 is 5.32 Å². The Labute approximate surface area is 177 Å². The number of rotatable bonds is 5. The second kappa shape index (κ2) is 8.08. The molecule has 2 amide bonds. The molecular weight excluding hydrogens is 405 g/mol. The minimum Gasteiger partial charge on any atom is -0.350 e. The second-order valence-corrected chi connectivity index (χ2v) is 7.30. The summed E-state index contributed by atoms with van der Waals surface area (Å²) in [5.41, 5.74) is 2.82. The molecule has 1 aliphatic rings. The molecule has 1 N–H and O–H groups in total. The van der Waals surface area contributed by atoms with E-state index in [2.05, 4.69) is 10.3 Å². The third kappa shape index (κ3) is 3.82. The van der Waals surface area contributed by atoms with Crippen molar-refractivity contribution >= 4 is 34.7 Å². The Hall–Kier alpha value is -3.51. The van der Waals surface area contributed by atoms with Gasteiger partial charge in [-0.15, -0.1) is 0 Å². The quantitative estimate of drug-likeness (QED) is 0.613. The number of halogens is 2. The van der Waals surface area contributed by atoms with E-state index in [4.69, 9.17) is 11.6 Å². The Morgan fingerprint density at radius 2 is 1.80 bits per heavy atom. The van der Waals surface area contributed by atoms with Crippen molar-refractivity contribution in [3.05, 3.63) is 100 Å². The van der Waals surface area contributed by atoms with Crippen LogP contribution in [0.3, 0.4) is 0 Å². The third-order valence-electron chi connectivity index (χ3n) is 4.80. The topological polar surface area (TPSA) is 62.3 Å². The number of benzene rings is 2. The lowest BCUT2D eigenvalue weighted by molar-refractivity contribution is -0.137. The van der Waals surface area contributed by atoms with Gasteiger partial charge >= 0.3 is 0 Å². The van der Waals surface area contributed by atoms with E-state index in [1.807, 2.05) is 6.92 Å². The van der Waals surface area contributed by atoms with Crippen LogP contribution in [-0.4, -0.2) is 21.7 Å². The van der Waals surface area contributed by atoms with Gasteiger partial charge < -0.3 is 5.32 Å². The summed E-state index contributed by atoms with van der Waals surface area (Å²) in [5.74, 6) is -1.37. The fraction of sp³-hybridized carbons (Fsp3) is 0.0870. The number of amides is 2. The molecule has 1 aliphatic heterocycles. The normalized spacial score (nSPS) is 13.9. The van der Waals surface area contributed by atoms with E-state index in [9.17, 15) is 14.0 Å². The number of imide groups is 1. The first-order valence-corrected chi connectivity index (χ1v) is 9.61. The largest absolute Gasteiger partial charge is 0.350 e. The van der Waals surface area contributed by atoms with Gasteiger partial charge in [-0.05, 0) is 60.5 Å². The lowest BCUT2D eigenvalue weighted by Crippen LogP contribution is -2.32. The van der Waals surface area contributed by atoms with Gasteiger partial charge in [0.15, 0.2) is 0 Å². The van der Waals surface area contributed by atoms with E-state index in [1.54, 1.807) is 42.6 Å². The van der Waals surface area contributed by atoms with Crippen LogP contribution in [0.1, 0.15) is 16.8 Å². The Balaban J connectivity index is 1.76. The van der Waals surface area contributed by atoms with Gasteiger partial charge in [0.2, 0.25) is 0 Å². The van der Waals surface area contributed by atoms with Crippen molar-refractivity contribution in [2.75, 3.05) is 5.32 Å². The third-order valence-corrected chi connectivity index (χ3v) is 5.03. The smallest absolute Gasteiger partial charge is 0.278 e. The molecule has 3 aromatic rings. The van der Waals surface area contributed by atoms with Crippen molar-refractivity contribution < 1.29 is 14.0 Å². The van der Waals surface area contributed by atoms with Crippen LogP contribution >= 0.6 is 11.6 Å². The summed E-state index contributed by atoms with van der Waals surface area (Å²) in [6.07, 6.45) is 1.60. The number of nitrogens with one attached hydrogen (secondary N) is 1. The van der Waals surface area contributed by atoms with Gasteiger partial charge in [0, 0.05) is 16.9 Å². The number of aromatic nitrogens is 1. The average Bonchev–Trinajstić information content (AvgIpc) is 2.96. The lowest BCUT2D eigenvalue weighted by Gasteiger charge is -2.15. The number of aryl methyl sites for hydroxylation is 1. The summed E-state index contributed by atoms with van der Waals surface area (Å²) < 4.78 is 13.4. The summed E-state index contributed by atoms with van der Waals surface area (Å²) in [6, 6.07) is 16.0. The maximum Gasteiger partial charge on any atom is 0.278 e. The average molecular weight is 422 g/mol. The summed E-state index contributed by atoms with van der Waals surface area (Å²) in [5, 5.41) is 3.66. The first-order valence-electron chi connectivity index (χ1n) is 9.23. The van der Waals surface area contributed by atoms with E-state index in [1.165, 1.54) is 24.3 Å². The van der Waals surface area contributed by atoms with Crippen molar-refractivity contribution in [2.45, 2.75) is 13.5 Å². The number of anilines is 1. The van der Waals surface area contributed by atoms with Gasteiger partial charge in [-0.25, -0.2) is 4.39 Å². The number of nitrogens with zero attached hydrogens (tertiary/aromatic N) is 2. The van der Waals surface area contributed by atoms with Crippen molar-refractivity contribution in [2.24, 2.45) is 0 Å². The predicted octanol–water partition coefficient (Wildman–Crippen LogP) is 4.57. The zero-order valence-electron chi connectivity index (χ0n) is 16.0. The van der Waals surface area contributed by atoms with Gasteiger partial charge in [-0.2, -0.15) is 0 Å². The Bertz CT molecular complexity index is 1160. The molecule has 2 aromatic carbocycles. The maximum absolute atomic E-state index is 13.4. The molecule has 0 saturated heterocycles. The molecule has 150 valence electrons. The van der Waals surface area contributed by atoms with Crippen LogP contribution in [0.25, 0.3) is 5.57 Å². The fourth-order valence-electron chi connectivity index (χ4n) is 3.28. The number of carbonyl (C=O) groups excluding carboxylic acids is 2. The van der Waals surface area contributed by atoms with Gasteiger partial charge in [0.25, 0.3) is 11.8 Å². The van der Waals surface area contributed by atoms with Gasteiger partial charge in [0.05, 0.1) is 17.8 Å². The van der Waals surface area contributed by atoms with Gasteiger partial charge in [-0.1, -0.05) is 29.8 Å². The first-order chi connectivity index (χ1) is 14.4. The minimum atomic E-state index is -0.473. The summed E-state index contributed by atoms with van der Waals surface area (Å²) in [7, 11) is 0. The summed E-state index contributed by atoms with van der Waals surface area (Å²) in [6.45, 7) is 1.88. The highest BCUT2D eigenvalue weighted by atomic mass is 35.5. The van der Waals surface area contributed by atoms with Gasteiger partial charge in [-0.3, -0.25) is 19.5 Å². The summed E-state index contributed by atoms with van der Waals surface area (Å²) >= 11 is 6.03. The number of hydrogen-bond donors (Lipinski definition) is 1. The van der Waals surface area contributed by atoms with Crippen LogP contribution in [0, 0.1) is 12.7 Å². The Morgan fingerprint density at radius 1 is 1.03 bits per heavy atom. The molecule has 0 bridgehead atoms. The van der Waals surface area contributed by atoms with Gasteiger partial charge in [0.1, 0.15) is 11.5 Å². The number of hydrogen-bond acceptors (Lipinski definition) is 4. The van der Waals surface area contributed by atoms with Crippen LogP contribution in [0.2, 0.25) is 5.02 Å². The van der Waals surface area contributed by atoms with Crippen LogP contribution in [-0.2, 0) is 16.1 Å². The SMILES string of the molecule is Cc1cc(Cl)ccc1NC1=C(c2ccc(F)cc2)C(=O)N(Cc2ccccn2)C1=O. The number of pyridine rings is 1. The van der Waals surface area contributed by atoms with E-state index >= 15 is 0 Å². The van der Waals surface area contributed by atoms with Crippen LogP contribution in [0.5, 0.6) is 0 Å². The maximum atomic E-state index is 13.4. The minimum absolute atomic E-state index is 0.0357. The van der Waals surface area contributed by atoms with E-state index in [0.717, 1.165) is 10.5 Å². The first kappa shape index (κ1) is 19.8. The molecule has 0 aliphatic carbocycles. The summed E-state index contributed by atoms with van der Waals surface area (Å²) in [4.78, 5) is 31.8. The van der Waals surface area contributed by atoms with Crippen molar-refractivity contribution in [3.63, 3.8) is 0 Å². The molecule has 0 atom stereocenters. The molecule has 1 aromatic heterocycles. The molecule has 0 spiro atoms. The zero-order valence-corrected chi connectivity index (χ0v) is 16.8. The van der Waals surface area contributed by atoms with E-state index in [-0.39, 0.29) is 17.8 Å². The molecule has 0 fully saturated rings. The standard InChI is InChI=1S/C23H17ClFN3O2/c1-14-12-16(24)7-10-19(14)27-21-20(15-5-8-17(25)9-6-15)22(29)28(23(21)30)13-18-4-2-3-11-26-18/h2-12,27H,13H2,1H3.